The third kappa shape index (κ3) is 2.13. The van der Waals surface area contributed by atoms with Crippen LogP contribution in [-0.4, -0.2) is 6.04 Å². The summed E-state index contributed by atoms with van der Waals surface area (Å²) >= 11 is 0. The van der Waals surface area contributed by atoms with Crippen LogP contribution in [0.3, 0.4) is 0 Å². The van der Waals surface area contributed by atoms with E-state index in [0.29, 0.717) is 6.04 Å². The van der Waals surface area contributed by atoms with E-state index in [9.17, 15) is 0 Å². The van der Waals surface area contributed by atoms with Gasteiger partial charge in [-0.25, -0.2) is 0 Å². The van der Waals surface area contributed by atoms with Gasteiger partial charge in [-0.15, -0.1) is 0 Å². The molecule has 2 rings (SSSR count). The van der Waals surface area contributed by atoms with E-state index in [1.807, 2.05) is 6.07 Å². The number of hydrogen-bond acceptors (Lipinski definition) is 1. The minimum atomic E-state index is 0.484. The molecule has 0 aliphatic heterocycles. The van der Waals surface area contributed by atoms with Gasteiger partial charge in [-0.05, 0) is 44.7 Å². The van der Waals surface area contributed by atoms with Gasteiger partial charge in [0.1, 0.15) is 6.04 Å². The van der Waals surface area contributed by atoms with Crippen LogP contribution in [0.4, 0.5) is 0 Å². The van der Waals surface area contributed by atoms with Crippen LogP contribution in [-0.2, 0) is 0 Å². The summed E-state index contributed by atoms with van der Waals surface area (Å²) in [7, 11) is 0. The predicted molar refractivity (Wildman–Crippen MR) is 51.3 cm³/mol. The molecule has 2 heteroatoms. The van der Waals surface area contributed by atoms with Gasteiger partial charge in [0, 0.05) is 0 Å². The first-order valence-electron chi connectivity index (χ1n) is 5.24. The lowest BCUT2D eigenvalue weighted by Gasteiger charge is -2.13. The van der Waals surface area contributed by atoms with Gasteiger partial charge in [0.15, 0.2) is 5.76 Å². The molecule has 0 radical (unpaired) electrons. The average Bonchev–Trinajstić information content (AvgIpc) is 2.74. The van der Waals surface area contributed by atoms with E-state index in [1.165, 1.54) is 25.7 Å². The molecule has 1 fully saturated rings. The molecule has 1 aliphatic carbocycles. The van der Waals surface area contributed by atoms with Gasteiger partial charge in [0.25, 0.3) is 0 Å². The Hall–Kier alpha value is -0.760. The summed E-state index contributed by atoms with van der Waals surface area (Å²) in [4.78, 5) is 0. The highest BCUT2D eigenvalue weighted by Gasteiger charge is 2.22. The zero-order chi connectivity index (χ0) is 9.10. The molecule has 1 aromatic rings. The maximum atomic E-state index is 5.37. The van der Waals surface area contributed by atoms with Crippen molar-refractivity contribution in [2.45, 2.75) is 44.7 Å². The topological polar surface area (TPSA) is 29.8 Å². The van der Waals surface area contributed by atoms with Crippen LogP contribution in [0.2, 0.25) is 0 Å². The van der Waals surface area contributed by atoms with Gasteiger partial charge < -0.3 is 9.73 Å². The van der Waals surface area contributed by atoms with Crippen molar-refractivity contribution in [2.75, 3.05) is 0 Å². The van der Waals surface area contributed by atoms with Gasteiger partial charge in [-0.1, -0.05) is 0 Å². The summed E-state index contributed by atoms with van der Waals surface area (Å²) in [5.74, 6) is 1.10. The number of nitrogens with two attached hydrogens (primary N) is 1. The molecular weight excluding hydrogens is 162 g/mol. The molecule has 0 aromatic carbocycles. The summed E-state index contributed by atoms with van der Waals surface area (Å²) in [5, 5.41) is 2.45. The molecule has 72 valence electrons. The molecule has 2 nitrogen and oxygen atoms in total. The smallest absolute Gasteiger partial charge is 0.160 e. The minimum absolute atomic E-state index is 0.484. The van der Waals surface area contributed by atoms with E-state index in [0.717, 1.165) is 11.8 Å². The van der Waals surface area contributed by atoms with Crippen molar-refractivity contribution < 1.29 is 9.73 Å². The fraction of sp³-hybridized carbons (Fsp3) is 0.636. The molecular formula is C11H18NO+. The third-order valence-electron chi connectivity index (χ3n) is 2.95. The van der Waals surface area contributed by atoms with Crippen LogP contribution >= 0.6 is 0 Å². The normalized spacial score (nSPS) is 20.7. The molecule has 2 N–H and O–H groups in total. The van der Waals surface area contributed by atoms with Gasteiger partial charge >= 0.3 is 0 Å². The molecule has 0 saturated heterocycles. The van der Waals surface area contributed by atoms with E-state index in [4.69, 9.17) is 4.42 Å². The van der Waals surface area contributed by atoms with Crippen LogP contribution in [0.1, 0.15) is 44.4 Å². The Bertz CT molecular complexity index is 237. The highest BCUT2D eigenvalue weighted by molar-refractivity contribution is 5.00. The van der Waals surface area contributed by atoms with Crippen molar-refractivity contribution in [1.82, 2.24) is 0 Å². The summed E-state index contributed by atoms with van der Waals surface area (Å²) in [6.07, 6.45) is 7.34. The first kappa shape index (κ1) is 8.82. The Morgan fingerprint density at radius 1 is 1.46 bits per heavy atom. The fourth-order valence-corrected chi connectivity index (χ4v) is 2.20. The van der Waals surface area contributed by atoms with Crippen LogP contribution in [0.25, 0.3) is 0 Å². The first-order valence-corrected chi connectivity index (χ1v) is 5.24. The van der Waals surface area contributed by atoms with Crippen molar-refractivity contribution in [3.8, 4) is 0 Å². The summed E-state index contributed by atoms with van der Waals surface area (Å²) in [6.45, 7) is 2.22. The highest BCUT2D eigenvalue weighted by atomic mass is 16.3. The number of furan rings is 1. The largest absolute Gasteiger partial charge is 0.463 e. The van der Waals surface area contributed by atoms with E-state index in [2.05, 4.69) is 18.3 Å². The van der Waals surface area contributed by atoms with Gasteiger partial charge in [0.2, 0.25) is 0 Å². The second-order valence-corrected chi connectivity index (χ2v) is 4.04. The van der Waals surface area contributed by atoms with Crippen molar-refractivity contribution in [3.63, 3.8) is 0 Å². The molecule has 1 heterocycles. The standard InChI is InChI=1S/C11H17NO/c1-9(11-7-4-8-13-11)12-10-5-2-3-6-10/h4,7-10,12H,2-3,5-6H2,1H3/p+1/t9-/m0/s1. The number of rotatable bonds is 3. The zero-order valence-electron chi connectivity index (χ0n) is 8.20. The maximum absolute atomic E-state index is 5.37. The Kier molecular flexibility index (Phi) is 2.69. The quantitative estimate of drug-likeness (QED) is 0.755. The molecule has 0 unspecified atom stereocenters. The van der Waals surface area contributed by atoms with Gasteiger partial charge in [0.05, 0.1) is 12.3 Å². The molecule has 1 atom stereocenters. The van der Waals surface area contributed by atoms with E-state index >= 15 is 0 Å². The SMILES string of the molecule is C[C@H]([NH2+]C1CCCC1)c1ccco1. The second kappa shape index (κ2) is 3.97. The average molecular weight is 180 g/mol. The monoisotopic (exact) mass is 180 g/mol. The molecule has 0 amide bonds. The Labute approximate surface area is 79.3 Å². The van der Waals surface area contributed by atoms with Crippen LogP contribution < -0.4 is 5.32 Å². The van der Waals surface area contributed by atoms with Crippen LogP contribution in [0, 0.1) is 0 Å². The van der Waals surface area contributed by atoms with Crippen LogP contribution in [0.5, 0.6) is 0 Å². The molecule has 1 aromatic heterocycles. The lowest BCUT2D eigenvalue weighted by atomic mass is 10.2. The van der Waals surface area contributed by atoms with E-state index in [1.54, 1.807) is 6.26 Å². The molecule has 0 spiro atoms. The summed E-state index contributed by atoms with van der Waals surface area (Å²) in [6, 6.07) is 5.35. The highest BCUT2D eigenvalue weighted by Crippen LogP contribution is 2.16. The third-order valence-corrected chi connectivity index (χ3v) is 2.95. The zero-order valence-corrected chi connectivity index (χ0v) is 8.20. The predicted octanol–water partition coefficient (Wildman–Crippen LogP) is 1.85. The van der Waals surface area contributed by atoms with Crippen molar-refractivity contribution in [2.24, 2.45) is 0 Å². The van der Waals surface area contributed by atoms with Crippen LogP contribution in [0.15, 0.2) is 22.8 Å². The summed E-state index contributed by atoms with van der Waals surface area (Å²) < 4.78 is 5.37. The molecule has 1 saturated carbocycles. The number of quaternary nitrogens is 1. The fourth-order valence-electron chi connectivity index (χ4n) is 2.20. The number of hydrogen-bond donors (Lipinski definition) is 1. The van der Waals surface area contributed by atoms with Crippen molar-refractivity contribution in [3.05, 3.63) is 24.2 Å². The lowest BCUT2D eigenvalue weighted by Crippen LogP contribution is -2.89. The lowest BCUT2D eigenvalue weighted by molar-refractivity contribution is -0.725. The van der Waals surface area contributed by atoms with Crippen molar-refractivity contribution >= 4 is 0 Å². The van der Waals surface area contributed by atoms with Gasteiger partial charge in [-0.3, -0.25) is 0 Å². The maximum Gasteiger partial charge on any atom is 0.160 e. The molecule has 0 bridgehead atoms. The molecule has 13 heavy (non-hydrogen) atoms. The Morgan fingerprint density at radius 3 is 2.85 bits per heavy atom. The minimum Gasteiger partial charge on any atom is -0.463 e. The molecule has 1 aliphatic rings. The Morgan fingerprint density at radius 2 is 2.23 bits per heavy atom. The van der Waals surface area contributed by atoms with Gasteiger partial charge in [-0.2, -0.15) is 0 Å². The second-order valence-electron chi connectivity index (χ2n) is 4.04. The van der Waals surface area contributed by atoms with E-state index < -0.39 is 0 Å². The summed E-state index contributed by atoms with van der Waals surface area (Å²) in [5.41, 5.74) is 0. The Balaban J connectivity index is 1.87. The van der Waals surface area contributed by atoms with E-state index in [-0.39, 0.29) is 0 Å². The van der Waals surface area contributed by atoms with Crippen molar-refractivity contribution in [1.29, 1.82) is 0 Å². The first-order chi connectivity index (χ1) is 6.36.